The smallest absolute Gasteiger partial charge is 0.241 e. The number of benzene rings is 3. The summed E-state index contributed by atoms with van der Waals surface area (Å²) in [6, 6.07) is 23.9. The molecule has 206 valence electrons. The summed E-state index contributed by atoms with van der Waals surface area (Å²) >= 11 is 0. The average Bonchev–Trinajstić information content (AvgIpc) is 2.94. The third kappa shape index (κ3) is 6.85. The first-order chi connectivity index (χ1) is 18.6. The van der Waals surface area contributed by atoms with E-state index in [0.29, 0.717) is 26.1 Å². The lowest BCUT2D eigenvalue weighted by Crippen LogP contribution is -2.49. The average molecular weight is 548 g/mol. The van der Waals surface area contributed by atoms with Crippen LogP contribution in [0.2, 0.25) is 0 Å². The van der Waals surface area contributed by atoms with Crippen LogP contribution in [0.3, 0.4) is 0 Å². The summed E-state index contributed by atoms with van der Waals surface area (Å²) in [6.45, 7) is 5.40. The highest BCUT2D eigenvalue weighted by Crippen LogP contribution is 2.32. The zero-order valence-corrected chi connectivity index (χ0v) is 23.3. The standard InChI is InChI=1S/C30H37N5O3S/c1-30(2,24-12-4-3-5-13-24)25-14-8-15-26(20-25)39(37,38)34-27(16-9-18-33-29(31)32)28(36)35-19-17-22-10-6-7-11-23(22)21-35/h3-8,10-15,20,27,34H,9,16-19,21H2,1-2H3,(H4,31,32,33)/t27-/m0/s1. The van der Waals surface area contributed by atoms with E-state index in [1.807, 2.05) is 54.6 Å². The van der Waals surface area contributed by atoms with E-state index in [4.69, 9.17) is 11.5 Å². The van der Waals surface area contributed by atoms with E-state index in [1.54, 1.807) is 23.1 Å². The van der Waals surface area contributed by atoms with Crippen LogP contribution in [0.1, 0.15) is 48.9 Å². The molecular formula is C30H37N5O3S. The highest BCUT2D eigenvalue weighted by atomic mass is 32.2. The number of aliphatic imine (C=N–C) groups is 1. The molecule has 4 rings (SSSR count). The Labute approximate surface area is 231 Å². The summed E-state index contributed by atoms with van der Waals surface area (Å²) in [5.74, 6) is -0.289. The van der Waals surface area contributed by atoms with Crippen molar-refractivity contribution in [1.82, 2.24) is 9.62 Å². The molecule has 0 aromatic heterocycles. The highest BCUT2D eigenvalue weighted by Gasteiger charge is 2.32. The fourth-order valence-electron chi connectivity index (χ4n) is 4.97. The van der Waals surface area contributed by atoms with E-state index >= 15 is 0 Å². The number of amides is 1. The van der Waals surface area contributed by atoms with Gasteiger partial charge in [-0.2, -0.15) is 4.72 Å². The van der Waals surface area contributed by atoms with Gasteiger partial charge >= 0.3 is 0 Å². The highest BCUT2D eigenvalue weighted by molar-refractivity contribution is 7.89. The number of hydrogen-bond acceptors (Lipinski definition) is 4. The van der Waals surface area contributed by atoms with E-state index in [-0.39, 0.29) is 23.2 Å². The molecule has 1 heterocycles. The Kier molecular flexibility index (Phi) is 8.72. The van der Waals surface area contributed by atoms with Gasteiger partial charge in [-0.3, -0.25) is 9.79 Å². The molecule has 5 N–H and O–H groups in total. The second-order valence-electron chi connectivity index (χ2n) is 10.4. The van der Waals surface area contributed by atoms with E-state index in [0.717, 1.165) is 23.1 Å². The number of carbonyl (C=O) groups is 1. The van der Waals surface area contributed by atoms with Crippen LogP contribution < -0.4 is 16.2 Å². The third-order valence-electron chi connectivity index (χ3n) is 7.34. The number of hydrogen-bond donors (Lipinski definition) is 3. The molecule has 0 bridgehead atoms. The summed E-state index contributed by atoms with van der Waals surface area (Å²) < 4.78 is 30.0. The van der Waals surface area contributed by atoms with Gasteiger partial charge in [0.05, 0.1) is 4.90 Å². The van der Waals surface area contributed by atoms with Crippen LogP contribution in [0.25, 0.3) is 0 Å². The lowest BCUT2D eigenvalue weighted by molar-refractivity contribution is -0.134. The predicted octanol–water partition coefficient (Wildman–Crippen LogP) is 3.30. The van der Waals surface area contributed by atoms with Crippen LogP contribution in [0.5, 0.6) is 0 Å². The Bertz CT molecular complexity index is 1430. The minimum Gasteiger partial charge on any atom is -0.370 e. The van der Waals surface area contributed by atoms with E-state index in [1.165, 1.54) is 5.56 Å². The molecule has 3 aromatic carbocycles. The van der Waals surface area contributed by atoms with Gasteiger partial charge in [-0.1, -0.05) is 80.6 Å². The van der Waals surface area contributed by atoms with Crippen molar-refractivity contribution in [2.75, 3.05) is 13.1 Å². The van der Waals surface area contributed by atoms with Crippen molar-refractivity contribution in [2.45, 2.75) is 56.0 Å². The lowest BCUT2D eigenvalue weighted by Gasteiger charge is -2.32. The van der Waals surface area contributed by atoms with Gasteiger partial charge in [-0.15, -0.1) is 0 Å². The largest absolute Gasteiger partial charge is 0.370 e. The second kappa shape index (κ2) is 12.0. The first kappa shape index (κ1) is 28.3. The first-order valence-electron chi connectivity index (χ1n) is 13.2. The molecule has 0 fully saturated rings. The molecule has 1 aliphatic heterocycles. The number of sulfonamides is 1. The van der Waals surface area contributed by atoms with Crippen LogP contribution in [0.15, 0.2) is 88.8 Å². The Morgan fingerprint density at radius 3 is 2.36 bits per heavy atom. The van der Waals surface area contributed by atoms with Gasteiger partial charge in [0, 0.05) is 25.0 Å². The normalized spacial score (nSPS) is 14.4. The van der Waals surface area contributed by atoms with Gasteiger partial charge in [-0.05, 0) is 53.6 Å². The molecule has 0 radical (unpaired) electrons. The molecule has 1 amide bonds. The quantitative estimate of drug-likeness (QED) is 0.204. The Morgan fingerprint density at radius 2 is 1.64 bits per heavy atom. The lowest BCUT2D eigenvalue weighted by atomic mass is 9.78. The zero-order chi connectivity index (χ0) is 28.0. The Balaban J connectivity index is 1.58. The van der Waals surface area contributed by atoms with Gasteiger partial charge in [-0.25, -0.2) is 8.42 Å². The molecule has 8 nitrogen and oxygen atoms in total. The molecular weight excluding hydrogens is 510 g/mol. The summed E-state index contributed by atoms with van der Waals surface area (Å²) in [7, 11) is -4.00. The summed E-state index contributed by atoms with van der Waals surface area (Å²) in [4.78, 5) is 19.5. The van der Waals surface area contributed by atoms with E-state index in [9.17, 15) is 13.2 Å². The van der Waals surface area contributed by atoms with Crippen LogP contribution in [-0.4, -0.2) is 44.3 Å². The molecule has 3 aromatic rings. The second-order valence-corrected chi connectivity index (χ2v) is 12.1. The third-order valence-corrected chi connectivity index (χ3v) is 8.81. The monoisotopic (exact) mass is 547 g/mol. The minimum absolute atomic E-state index is 0.0380. The summed E-state index contributed by atoms with van der Waals surface area (Å²) in [6.07, 6.45) is 1.44. The maximum atomic E-state index is 13.7. The topological polar surface area (TPSA) is 131 Å². The SMILES string of the molecule is CC(C)(c1ccccc1)c1cccc(S(=O)(=O)N[C@@H](CCCN=C(N)N)C(=O)N2CCc3ccccc3C2)c1. The van der Waals surface area contributed by atoms with Crippen molar-refractivity contribution < 1.29 is 13.2 Å². The molecule has 9 heteroatoms. The molecule has 1 aliphatic rings. The van der Waals surface area contributed by atoms with Crippen molar-refractivity contribution in [3.8, 4) is 0 Å². The Morgan fingerprint density at radius 1 is 0.974 bits per heavy atom. The van der Waals surface area contributed by atoms with Crippen molar-refractivity contribution in [3.63, 3.8) is 0 Å². The van der Waals surface area contributed by atoms with Crippen molar-refractivity contribution in [3.05, 3.63) is 101 Å². The van der Waals surface area contributed by atoms with Crippen LogP contribution in [0, 0.1) is 0 Å². The predicted molar refractivity (Wildman–Crippen MR) is 155 cm³/mol. The van der Waals surface area contributed by atoms with Crippen molar-refractivity contribution in [1.29, 1.82) is 0 Å². The Hall–Kier alpha value is -3.69. The molecule has 0 spiro atoms. The number of rotatable bonds is 10. The fraction of sp³-hybridized carbons (Fsp3) is 0.333. The van der Waals surface area contributed by atoms with Gasteiger partial charge in [0.25, 0.3) is 0 Å². The van der Waals surface area contributed by atoms with Gasteiger partial charge < -0.3 is 16.4 Å². The molecule has 0 unspecified atom stereocenters. The maximum absolute atomic E-state index is 13.7. The van der Waals surface area contributed by atoms with Crippen LogP contribution >= 0.6 is 0 Å². The van der Waals surface area contributed by atoms with Gasteiger partial charge in [0.15, 0.2) is 5.96 Å². The fourth-order valence-corrected chi connectivity index (χ4v) is 6.24. The van der Waals surface area contributed by atoms with E-state index < -0.39 is 21.5 Å². The van der Waals surface area contributed by atoms with Crippen molar-refractivity contribution >= 4 is 21.9 Å². The number of nitrogens with zero attached hydrogens (tertiary/aromatic N) is 2. The minimum atomic E-state index is -4.00. The number of nitrogens with one attached hydrogen (secondary N) is 1. The number of nitrogens with two attached hydrogens (primary N) is 2. The molecule has 39 heavy (non-hydrogen) atoms. The molecule has 1 atom stereocenters. The van der Waals surface area contributed by atoms with Gasteiger partial charge in [0.1, 0.15) is 6.04 Å². The maximum Gasteiger partial charge on any atom is 0.241 e. The first-order valence-corrected chi connectivity index (χ1v) is 14.7. The number of guanidine groups is 1. The number of fused-ring (bicyclic) bond motifs is 1. The zero-order valence-electron chi connectivity index (χ0n) is 22.5. The summed E-state index contributed by atoms with van der Waals surface area (Å²) in [5.41, 5.74) is 14.7. The van der Waals surface area contributed by atoms with Crippen molar-refractivity contribution in [2.24, 2.45) is 16.5 Å². The number of carbonyl (C=O) groups excluding carboxylic acids is 1. The summed E-state index contributed by atoms with van der Waals surface area (Å²) in [5, 5.41) is 0. The van der Waals surface area contributed by atoms with Crippen LogP contribution in [-0.2, 0) is 33.2 Å². The molecule has 0 aliphatic carbocycles. The molecule has 0 saturated heterocycles. The molecule has 0 saturated carbocycles. The van der Waals surface area contributed by atoms with E-state index in [2.05, 4.69) is 29.6 Å². The van der Waals surface area contributed by atoms with Crippen LogP contribution in [0.4, 0.5) is 0 Å². The van der Waals surface area contributed by atoms with Gasteiger partial charge in [0.2, 0.25) is 15.9 Å².